The van der Waals surface area contributed by atoms with Crippen LogP contribution in [0.1, 0.15) is 36.5 Å². The van der Waals surface area contributed by atoms with Gasteiger partial charge in [-0.3, -0.25) is 14.6 Å². The van der Waals surface area contributed by atoms with Gasteiger partial charge in [0.25, 0.3) is 5.91 Å². The predicted molar refractivity (Wildman–Crippen MR) is 76.2 cm³/mol. The van der Waals surface area contributed by atoms with Crippen molar-refractivity contribution in [3.8, 4) is 0 Å². The standard InChI is InChI=1S/C15H21N3O2/c1-2-3-6-14(19)17-8-10-18(11-9-17)15(20)13-5-4-7-16-12-13/h4-5,7,12H,2-3,6,8-11H2,1H3. The monoisotopic (exact) mass is 275 g/mol. The fourth-order valence-corrected chi connectivity index (χ4v) is 2.32. The highest BCUT2D eigenvalue weighted by atomic mass is 16.2. The molecule has 2 rings (SSSR count). The van der Waals surface area contributed by atoms with Crippen molar-refractivity contribution in [1.82, 2.24) is 14.8 Å². The van der Waals surface area contributed by atoms with Crippen molar-refractivity contribution >= 4 is 11.8 Å². The topological polar surface area (TPSA) is 53.5 Å². The first-order valence-electron chi connectivity index (χ1n) is 7.19. The molecule has 0 unspecified atom stereocenters. The maximum Gasteiger partial charge on any atom is 0.255 e. The second kappa shape index (κ2) is 7.03. The Bertz CT molecular complexity index is 453. The maximum atomic E-state index is 12.2. The van der Waals surface area contributed by atoms with Gasteiger partial charge in [0.2, 0.25) is 5.91 Å². The van der Waals surface area contributed by atoms with Crippen molar-refractivity contribution in [2.75, 3.05) is 26.2 Å². The van der Waals surface area contributed by atoms with E-state index in [1.54, 1.807) is 29.4 Å². The first-order valence-corrected chi connectivity index (χ1v) is 7.19. The van der Waals surface area contributed by atoms with Gasteiger partial charge < -0.3 is 9.80 Å². The summed E-state index contributed by atoms with van der Waals surface area (Å²) in [7, 11) is 0. The number of piperazine rings is 1. The summed E-state index contributed by atoms with van der Waals surface area (Å²) < 4.78 is 0. The lowest BCUT2D eigenvalue weighted by Gasteiger charge is -2.34. The second-order valence-electron chi connectivity index (χ2n) is 5.02. The summed E-state index contributed by atoms with van der Waals surface area (Å²) in [4.78, 5) is 31.8. The largest absolute Gasteiger partial charge is 0.339 e. The third kappa shape index (κ3) is 3.56. The van der Waals surface area contributed by atoms with Crippen LogP contribution in [0, 0.1) is 0 Å². The molecule has 1 fully saturated rings. The molecule has 0 aliphatic carbocycles. The van der Waals surface area contributed by atoms with Gasteiger partial charge in [-0.25, -0.2) is 0 Å². The van der Waals surface area contributed by atoms with Crippen molar-refractivity contribution in [2.24, 2.45) is 0 Å². The molecule has 1 aliphatic rings. The zero-order valence-corrected chi connectivity index (χ0v) is 11.9. The minimum Gasteiger partial charge on any atom is -0.339 e. The van der Waals surface area contributed by atoms with Crippen LogP contribution in [0.5, 0.6) is 0 Å². The number of carbonyl (C=O) groups is 2. The molecule has 0 radical (unpaired) electrons. The smallest absolute Gasteiger partial charge is 0.255 e. The van der Waals surface area contributed by atoms with Gasteiger partial charge in [-0.05, 0) is 18.6 Å². The summed E-state index contributed by atoms with van der Waals surface area (Å²) in [6, 6.07) is 3.53. The molecule has 0 saturated carbocycles. The van der Waals surface area contributed by atoms with Gasteiger partial charge in [-0.2, -0.15) is 0 Å². The zero-order chi connectivity index (χ0) is 14.4. The first-order chi connectivity index (χ1) is 9.72. The molecule has 0 aromatic carbocycles. The van der Waals surface area contributed by atoms with Crippen molar-refractivity contribution in [1.29, 1.82) is 0 Å². The van der Waals surface area contributed by atoms with Crippen LogP contribution in [0.15, 0.2) is 24.5 Å². The van der Waals surface area contributed by atoms with Crippen LogP contribution in [0.3, 0.4) is 0 Å². The molecule has 1 aromatic rings. The van der Waals surface area contributed by atoms with Crippen LogP contribution >= 0.6 is 0 Å². The summed E-state index contributed by atoms with van der Waals surface area (Å²) >= 11 is 0. The SMILES string of the molecule is CCCCC(=O)N1CCN(C(=O)c2cccnc2)CC1. The molecule has 2 heterocycles. The number of rotatable bonds is 4. The van der Waals surface area contributed by atoms with Crippen LogP contribution in [-0.4, -0.2) is 52.8 Å². The Morgan fingerprint density at radius 3 is 2.50 bits per heavy atom. The van der Waals surface area contributed by atoms with E-state index in [0.29, 0.717) is 38.2 Å². The fraction of sp³-hybridized carbons (Fsp3) is 0.533. The molecule has 0 N–H and O–H groups in total. The van der Waals surface area contributed by atoms with Gasteiger partial charge in [-0.1, -0.05) is 13.3 Å². The van der Waals surface area contributed by atoms with Gasteiger partial charge in [0, 0.05) is 45.0 Å². The molecular formula is C15H21N3O2. The third-order valence-corrected chi connectivity index (χ3v) is 3.57. The minimum absolute atomic E-state index is 0.00115. The number of carbonyl (C=O) groups excluding carboxylic acids is 2. The number of amides is 2. The number of nitrogens with zero attached hydrogens (tertiary/aromatic N) is 3. The van der Waals surface area contributed by atoms with Crippen LogP contribution < -0.4 is 0 Å². The van der Waals surface area contributed by atoms with Crippen molar-refractivity contribution in [3.05, 3.63) is 30.1 Å². The van der Waals surface area contributed by atoms with E-state index >= 15 is 0 Å². The average Bonchev–Trinajstić information content (AvgIpc) is 2.53. The summed E-state index contributed by atoms with van der Waals surface area (Å²) in [5, 5.41) is 0. The normalized spacial score (nSPS) is 15.2. The van der Waals surface area contributed by atoms with Gasteiger partial charge in [-0.15, -0.1) is 0 Å². The average molecular weight is 275 g/mol. The van der Waals surface area contributed by atoms with Crippen molar-refractivity contribution < 1.29 is 9.59 Å². The second-order valence-corrected chi connectivity index (χ2v) is 5.02. The summed E-state index contributed by atoms with van der Waals surface area (Å²) in [5.41, 5.74) is 0.609. The highest BCUT2D eigenvalue weighted by Crippen LogP contribution is 2.09. The van der Waals surface area contributed by atoms with Gasteiger partial charge in [0.1, 0.15) is 0 Å². The summed E-state index contributed by atoms with van der Waals surface area (Å²) in [6.07, 6.45) is 5.83. The molecule has 20 heavy (non-hydrogen) atoms. The quantitative estimate of drug-likeness (QED) is 0.838. The van der Waals surface area contributed by atoms with E-state index in [9.17, 15) is 9.59 Å². The number of pyridine rings is 1. The maximum absolute atomic E-state index is 12.2. The highest BCUT2D eigenvalue weighted by molar-refractivity contribution is 5.94. The van der Waals surface area contributed by atoms with E-state index in [1.807, 2.05) is 4.90 Å². The van der Waals surface area contributed by atoms with E-state index in [4.69, 9.17) is 0 Å². The molecule has 1 saturated heterocycles. The summed E-state index contributed by atoms with van der Waals surface area (Å²) in [5.74, 6) is 0.207. The van der Waals surface area contributed by atoms with Crippen LogP contribution in [0.25, 0.3) is 0 Å². The Hall–Kier alpha value is -1.91. The predicted octanol–water partition coefficient (Wildman–Crippen LogP) is 1.56. The van der Waals surface area contributed by atoms with Gasteiger partial charge in [0.15, 0.2) is 0 Å². The third-order valence-electron chi connectivity index (χ3n) is 3.57. The van der Waals surface area contributed by atoms with E-state index in [-0.39, 0.29) is 11.8 Å². The lowest BCUT2D eigenvalue weighted by Crippen LogP contribution is -2.50. The highest BCUT2D eigenvalue weighted by Gasteiger charge is 2.24. The molecule has 5 heteroatoms. The first kappa shape index (κ1) is 14.5. The Labute approximate surface area is 119 Å². The van der Waals surface area contributed by atoms with Gasteiger partial charge in [0.05, 0.1) is 5.56 Å². The van der Waals surface area contributed by atoms with Crippen molar-refractivity contribution in [2.45, 2.75) is 26.2 Å². The van der Waals surface area contributed by atoms with Gasteiger partial charge >= 0.3 is 0 Å². The van der Waals surface area contributed by atoms with Crippen LogP contribution in [-0.2, 0) is 4.79 Å². The van der Waals surface area contributed by atoms with Crippen LogP contribution in [0.2, 0.25) is 0 Å². The van der Waals surface area contributed by atoms with Crippen molar-refractivity contribution in [3.63, 3.8) is 0 Å². The summed E-state index contributed by atoms with van der Waals surface area (Å²) in [6.45, 7) is 4.55. The number of hydrogen-bond acceptors (Lipinski definition) is 3. The molecule has 0 atom stereocenters. The fourth-order valence-electron chi connectivity index (χ4n) is 2.32. The Balaban J connectivity index is 1.85. The van der Waals surface area contributed by atoms with E-state index < -0.39 is 0 Å². The molecule has 0 bridgehead atoms. The Morgan fingerprint density at radius 1 is 1.20 bits per heavy atom. The van der Waals surface area contributed by atoms with E-state index in [0.717, 1.165) is 12.8 Å². The lowest BCUT2D eigenvalue weighted by molar-refractivity contribution is -0.132. The molecule has 1 aliphatic heterocycles. The number of hydrogen-bond donors (Lipinski definition) is 0. The van der Waals surface area contributed by atoms with E-state index in [1.165, 1.54) is 0 Å². The Kier molecular flexibility index (Phi) is 5.09. The van der Waals surface area contributed by atoms with Crippen LogP contribution in [0.4, 0.5) is 0 Å². The number of aromatic nitrogens is 1. The lowest BCUT2D eigenvalue weighted by atomic mass is 10.2. The Morgan fingerprint density at radius 2 is 1.90 bits per heavy atom. The molecule has 2 amide bonds. The van der Waals surface area contributed by atoms with E-state index in [2.05, 4.69) is 11.9 Å². The molecule has 1 aromatic heterocycles. The molecular weight excluding hydrogens is 254 g/mol. The number of unbranched alkanes of at least 4 members (excludes halogenated alkanes) is 1. The zero-order valence-electron chi connectivity index (χ0n) is 11.9. The minimum atomic E-state index is -0.00115. The molecule has 108 valence electrons. The molecule has 5 nitrogen and oxygen atoms in total. The molecule has 0 spiro atoms.